The summed E-state index contributed by atoms with van der Waals surface area (Å²) in [6.07, 6.45) is 4.71. The molecule has 1 aliphatic heterocycles. The number of carbonyl (C=O) groups excluding carboxylic acids is 4. The highest BCUT2D eigenvalue weighted by atomic mass is 35.5. The number of halogens is 2. The lowest BCUT2D eigenvalue weighted by Gasteiger charge is -2.14. The van der Waals surface area contributed by atoms with Crippen LogP contribution in [0.2, 0.25) is 10.0 Å². The molecule has 2 aliphatic rings. The molecule has 0 spiro atoms. The number of nitrogens with one attached hydrogen (secondary N) is 1. The number of hydrogen-bond acceptors (Lipinski definition) is 5. The summed E-state index contributed by atoms with van der Waals surface area (Å²) in [6.45, 7) is -1.06. The van der Waals surface area contributed by atoms with Gasteiger partial charge in [0.2, 0.25) is 11.8 Å². The van der Waals surface area contributed by atoms with E-state index in [2.05, 4.69) is 5.32 Å². The minimum absolute atomic E-state index is 0.344. The van der Waals surface area contributed by atoms with Crippen molar-refractivity contribution in [3.8, 4) is 0 Å². The van der Waals surface area contributed by atoms with Crippen molar-refractivity contribution in [1.82, 2.24) is 4.90 Å². The predicted octanol–water partition coefficient (Wildman–Crippen LogP) is 2.43. The quantitative estimate of drug-likeness (QED) is 0.457. The van der Waals surface area contributed by atoms with E-state index in [0.29, 0.717) is 28.6 Å². The normalized spacial score (nSPS) is 21.2. The maximum Gasteiger partial charge on any atom is 0.326 e. The summed E-state index contributed by atoms with van der Waals surface area (Å²) in [4.78, 5) is 49.3. The lowest BCUT2D eigenvalue weighted by atomic mass is 9.85. The van der Waals surface area contributed by atoms with E-state index in [-0.39, 0.29) is 11.8 Å². The molecular formula is C18H16Cl2N2O5. The monoisotopic (exact) mass is 410 g/mol. The van der Waals surface area contributed by atoms with Gasteiger partial charge in [0.05, 0.1) is 11.8 Å². The zero-order valence-electron chi connectivity index (χ0n) is 14.1. The van der Waals surface area contributed by atoms with E-state index >= 15 is 0 Å². The lowest BCUT2D eigenvalue weighted by Crippen LogP contribution is -2.37. The average Bonchev–Trinajstić information content (AvgIpc) is 2.84. The molecule has 1 heterocycles. The van der Waals surface area contributed by atoms with Crippen molar-refractivity contribution in [1.29, 1.82) is 0 Å². The number of ether oxygens (including phenoxy) is 1. The smallest absolute Gasteiger partial charge is 0.326 e. The summed E-state index contributed by atoms with van der Waals surface area (Å²) in [6, 6.07) is 4.49. The first-order valence-electron chi connectivity index (χ1n) is 8.27. The van der Waals surface area contributed by atoms with Crippen molar-refractivity contribution < 1.29 is 23.9 Å². The number of imide groups is 1. The number of benzene rings is 1. The topological polar surface area (TPSA) is 92.8 Å². The number of amides is 3. The third kappa shape index (κ3) is 4.48. The lowest BCUT2D eigenvalue weighted by molar-refractivity contribution is -0.154. The number of allylic oxidation sites excluding steroid dienone is 2. The van der Waals surface area contributed by atoms with Crippen LogP contribution < -0.4 is 5.32 Å². The first-order chi connectivity index (χ1) is 12.8. The molecule has 0 unspecified atom stereocenters. The predicted molar refractivity (Wildman–Crippen MR) is 98.1 cm³/mol. The van der Waals surface area contributed by atoms with Gasteiger partial charge >= 0.3 is 5.97 Å². The average molecular weight is 411 g/mol. The molecule has 1 aromatic rings. The molecule has 9 heteroatoms. The van der Waals surface area contributed by atoms with Crippen molar-refractivity contribution in [2.24, 2.45) is 11.8 Å². The van der Waals surface area contributed by atoms with Gasteiger partial charge in [-0.2, -0.15) is 0 Å². The maximum absolute atomic E-state index is 12.3. The highest BCUT2D eigenvalue weighted by Gasteiger charge is 2.47. The highest BCUT2D eigenvalue weighted by Crippen LogP contribution is 2.34. The summed E-state index contributed by atoms with van der Waals surface area (Å²) < 4.78 is 4.87. The summed E-state index contributed by atoms with van der Waals surface area (Å²) in [7, 11) is 0. The number of rotatable bonds is 5. The van der Waals surface area contributed by atoms with E-state index in [1.165, 1.54) is 18.2 Å². The summed E-state index contributed by atoms with van der Waals surface area (Å²) in [5, 5.41) is 3.18. The minimum Gasteiger partial charge on any atom is -0.454 e. The first kappa shape index (κ1) is 19.4. The van der Waals surface area contributed by atoms with Gasteiger partial charge in [0.15, 0.2) is 6.61 Å². The molecule has 0 bridgehead atoms. The molecule has 3 amide bonds. The number of hydrogen-bond donors (Lipinski definition) is 1. The Morgan fingerprint density at radius 2 is 1.59 bits per heavy atom. The molecule has 142 valence electrons. The van der Waals surface area contributed by atoms with Crippen LogP contribution in [0.25, 0.3) is 0 Å². The number of fused-ring (bicyclic) bond motifs is 1. The van der Waals surface area contributed by atoms with Crippen LogP contribution in [0.5, 0.6) is 0 Å². The van der Waals surface area contributed by atoms with Crippen LogP contribution in [0.4, 0.5) is 5.69 Å². The summed E-state index contributed by atoms with van der Waals surface area (Å²) in [5.41, 5.74) is 0.357. The Hall–Kier alpha value is -2.38. The van der Waals surface area contributed by atoms with Crippen LogP contribution in [0.1, 0.15) is 12.8 Å². The van der Waals surface area contributed by atoms with Gasteiger partial charge in [-0.05, 0) is 31.0 Å². The third-order valence-electron chi connectivity index (χ3n) is 4.40. The molecule has 27 heavy (non-hydrogen) atoms. The number of anilines is 1. The number of esters is 1. The second kappa shape index (κ2) is 8.10. The summed E-state index contributed by atoms with van der Waals surface area (Å²) >= 11 is 11.7. The van der Waals surface area contributed by atoms with Gasteiger partial charge < -0.3 is 10.1 Å². The van der Waals surface area contributed by atoms with Crippen molar-refractivity contribution in [3.05, 3.63) is 40.4 Å². The third-order valence-corrected chi connectivity index (χ3v) is 4.83. The van der Waals surface area contributed by atoms with E-state index in [1.54, 1.807) is 0 Å². The van der Waals surface area contributed by atoms with Crippen LogP contribution in [-0.4, -0.2) is 41.7 Å². The molecule has 3 rings (SSSR count). The maximum atomic E-state index is 12.3. The zero-order valence-corrected chi connectivity index (χ0v) is 15.6. The standard InChI is InChI=1S/C18H16Cl2N2O5/c19-10-5-11(20)7-12(6-10)21-15(23)9-27-16(24)8-22-17(25)13-3-1-2-4-14(13)18(22)26/h1-2,5-7,13-14H,3-4,8-9H2,(H,21,23)/t13-,14+. The van der Waals surface area contributed by atoms with Gasteiger partial charge in [0.25, 0.3) is 5.91 Å². The Morgan fingerprint density at radius 1 is 1.04 bits per heavy atom. The van der Waals surface area contributed by atoms with Gasteiger partial charge in [-0.15, -0.1) is 0 Å². The molecule has 1 saturated heterocycles. The molecule has 0 saturated carbocycles. The van der Waals surface area contributed by atoms with E-state index in [1.807, 2.05) is 12.2 Å². The molecule has 0 radical (unpaired) electrons. The van der Waals surface area contributed by atoms with Crippen molar-refractivity contribution in [3.63, 3.8) is 0 Å². The van der Waals surface area contributed by atoms with Gasteiger partial charge in [-0.1, -0.05) is 35.4 Å². The zero-order chi connectivity index (χ0) is 19.6. The highest BCUT2D eigenvalue weighted by molar-refractivity contribution is 6.35. The SMILES string of the molecule is O=C(COC(=O)CN1C(=O)[C@H]2CC=CC[C@H]2C1=O)Nc1cc(Cl)cc(Cl)c1. The van der Waals surface area contributed by atoms with E-state index in [0.717, 1.165) is 4.90 Å². The molecule has 7 nitrogen and oxygen atoms in total. The van der Waals surface area contributed by atoms with Gasteiger partial charge in [0.1, 0.15) is 6.54 Å². The van der Waals surface area contributed by atoms with Crippen LogP contribution in [0.3, 0.4) is 0 Å². The van der Waals surface area contributed by atoms with Crippen LogP contribution >= 0.6 is 23.2 Å². The van der Waals surface area contributed by atoms with E-state index in [4.69, 9.17) is 27.9 Å². The molecule has 1 fully saturated rings. The fourth-order valence-electron chi connectivity index (χ4n) is 3.17. The molecule has 0 aromatic heterocycles. The molecule has 1 N–H and O–H groups in total. The van der Waals surface area contributed by atoms with Crippen molar-refractivity contribution in [2.45, 2.75) is 12.8 Å². The number of nitrogens with zero attached hydrogens (tertiary/aromatic N) is 1. The fraction of sp³-hybridized carbons (Fsp3) is 0.333. The second-order valence-corrected chi connectivity index (χ2v) is 7.16. The first-order valence-corrected chi connectivity index (χ1v) is 9.02. The molecule has 1 aromatic carbocycles. The van der Waals surface area contributed by atoms with Crippen molar-refractivity contribution >= 4 is 52.6 Å². The van der Waals surface area contributed by atoms with Crippen molar-refractivity contribution in [2.75, 3.05) is 18.5 Å². The Morgan fingerprint density at radius 3 is 2.15 bits per heavy atom. The van der Waals surface area contributed by atoms with Gasteiger partial charge in [-0.25, -0.2) is 0 Å². The van der Waals surface area contributed by atoms with E-state index < -0.39 is 36.9 Å². The summed E-state index contributed by atoms with van der Waals surface area (Å²) in [5.74, 6) is -2.99. The molecule has 1 aliphatic carbocycles. The Bertz CT molecular complexity index is 793. The molecular weight excluding hydrogens is 395 g/mol. The largest absolute Gasteiger partial charge is 0.454 e. The Labute approximate surface area is 165 Å². The second-order valence-electron chi connectivity index (χ2n) is 6.29. The Balaban J connectivity index is 1.50. The minimum atomic E-state index is -0.831. The van der Waals surface area contributed by atoms with Crippen LogP contribution in [0.15, 0.2) is 30.4 Å². The van der Waals surface area contributed by atoms with E-state index in [9.17, 15) is 19.2 Å². The van der Waals surface area contributed by atoms with Gasteiger partial charge in [0, 0.05) is 15.7 Å². The Kier molecular flexibility index (Phi) is 5.82. The van der Waals surface area contributed by atoms with Crippen LogP contribution in [0, 0.1) is 11.8 Å². The van der Waals surface area contributed by atoms with Crippen LogP contribution in [-0.2, 0) is 23.9 Å². The number of carbonyl (C=O) groups is 4. The number of likely N-dealkylation sites (tertiary alicyclic amines) is 1. The van der Waals surface area contributed by atoms with Gasteiger partial charge in [-0.3, -0.25) is 24.1 Å². The molecule has 2 atom stereocenters. The fourth-order valence-corrected chi connectivity index (χ4v) is 3.69.